The highest BCUT2D eigenvalue weighted by Crippen LogP contribution is 2.43. The summed E-state index contributed by atoms with van der Waals surface area (Å²) < 4.78 is 11.5. The molecule has 1 unspecified atom stereocenters. The number of nitrogens with zero attached hydrogens (tertiary/aromatic N) is 1. The molecular formula is C28H33NO5. The van der Waals surface area contributed by atoms with Crippen LogP contribution in [0, 0.1) is 0 Å². The minimum Gasteiger partial charge on any atom is -0.507 e. The zero-order valence-corrected chi connectivity index (χ0v) is 20.1. The van der Waals surface area contributed by atoms with Gasteiger partial charge < -0.3 is 19.5 Å². The average Bonchev–Trinajstić information content (AvgIpc) is 3.44. The number of carbonyl (C=O) groups excluding carboxylic acids is 2. The van der Waals surface area contributed by atoms with Gasteiger partial charge >= 0.3 is 0 Å². The van der Waals surface area contributed by atoms with Crippen LogP contribution in [0.5, 0.6) is 11.5 Å². The quantitative estimate of drug-likeness (QED) is 0.312. The summed E-state index contributed by atoms with van der Waals surface area (Å²) in [5.41, 5.74) is 1.36. The molecule has 0 bridgehead atoms. The molecule has 1 heterocycles. The van der Waals surface area contributed by atoms with Gasteiger partial charge in [0, 0.05) is 11.6 Å². The van der Waals surface area contributed by atoms with E-state index in [1.165, 1.54) is 0 Å². The number of ketones is 1. The number of aliphatic hydroxyl groups is 1. The van der Waals surface area contributed by atoms with E-state index in [9.17, 15) is 14.7 Å². The molecule has 0 aromatic heterocycles. The molecule has 2 aromatic rings. The molecule has 180 valence electrons. The number of Topliss-reactive ketones (excluding diaryl/α,β-unsaturated/α-hetero) is 1. The molecule has 34 heavy (non-hydrogen) atoms. The third kappa shape index (κ3) is 4.81. The predicted molar refractivity (Wildman–Crippen MR) is 131 cm³/mol. The van der Waals surface area contributed by atoms with E-state index >= 15 is 0 Å². The van der Waals surface area contributed by atoms with Crippen molar-refractivity contribution in [3.05, 3.63) is 65.2 Å². The Morgan fingerprint density at radius 2 is 1.76 bits per heavy atom. The number of benzene rings is 2. The zero-order valence-electron chi connectivity index (χ0n) is 20.1. The van der Waals surface area contributed by atoms with Gasteiger partial charge in [-0.15, -0.1) is 0 Å². The molecule has 0 spiro atoms. The molecule has 6 nitrogen and oxygen atoms in total. The highest BCUT2D eigenvalue weighted by atomic mass is 16.5. The number of rotatable bonds is 8. The maximum Gasteiger partial charge on any atom is 0.295 e. The maximum absolute atomic E-state index is 13.3. The van der Waals surface area contributed by atoms with Crippen molar-refractivity contribution in [2.24, 2.45) is 0 Å². The second-order valence-corrected chi connectivity index (χ2v) is 9.26. The van der Waals surface area contributed by atoms with Crippen LogP contribution in [0.4, 0.5) is 0 Å². The predicted octanol–water partition coefficient (Wildman–Crippen LogP) is 5.63. The molecule has 1 atom stereocenters. The molecule has 6 heteroatoms. The lowest BCUT2D eigenvalue weighted by atomic mass is 9.94. The van der Waals surface area contributed by atoms with Gasteiger partial charge in [0.15, 0.2) is 0 Å². The Balaban J connectivity index is 1.79. The molecule has 1 saturated carbocycles. The monoisotopic (exact) mass is 463 g/mol. The summed E-state index contributed by atoms with van der Waals surface area (Å²) in [6.07, 6.45) is 4.65. The van der Waals surface area contributed by atoms with Crippen LogP contribution in [-0.4, -0.2) is 40.4 Å². The van der Waals surface area contributed by atoms with Crippen molar-refractivity contribution in [3.63, 3.8) is 0 Å². The molecule has 1 aliphatic heterocycles. The minimum absolute atomic E-state index is 0.0154. The summed E-state index contributed by atoms with van der Waals surface area (Å²) in [7, 11) is 0. The second-order valence-electron chi connectivity index (χ2n) is 9.26. The summed E-state index contributed by atoms with van der Waals surface area (Å²) in [4.78, 5) is 28.2. The number of aliphatic hydroxyl groups excluding tert-OH is 1. The van der Waals surface area contributed by atoms with Crippen LogP contribution >= 0.6 is 0 Å². The van der Waals surface area contributed by atoms with E-state index in [0.29, 0.717) is 17.9 Å². The number of amides is 1. The summed E-state index contributed by atoms with van der Waals surface area (Å²) in [5, 5.41) is 11.3. The Kier molecular flexibility index (Phi) is 7.25. The molecule has 1 saturated heterocycles. The standard InChI is InChI=1S/C28H33NO5/c1-4-16-33-22-14-12-19(13-15-22)25-24(27(31)28(32)29(25)21-9-5-6-10-21)26(30)20-8-7-11-23(17-20)34-18(2)3/h7-8,11-15,17-18,21,25,30H,4-6,9-10,16H2,1-3H3/b26-24-. The van der Waals surface area contributed by atoms with E-state index in [4.69, 9.17) is 9.47 Å². The summed E-state index contributed by atoms with van der Waals surface area (Å²) in [6.45, 7) is 6.51. The van der Waals surface area contributed by atoms with Gasteiger partial charge in [-0.05, 0) is 62.9 Å². The third-order valence-corrected chi connectivity index (χ3v) is 6.35. The highest BCUT2D eigenvalue weighted by Gasteiger charge is 2.49. The number of hydrogen-bond acceptors (Lipinski definition) is 5. The van der Waals surface area contributed by atoms with Gasteiger partial charge in [0.2, 0.25) is 0 Å². The normalized spacial score (nSPS) is 20.4. The maximum atomic E-state index is 13.3. The van der Waals surface area contributed by atoms with Crippen LogP contribution in [0.25, 0.3) is 5.76 Å². The molecular weight excluding hydrogens is 430 g/mol. The van der Waals surface area contributed by atoms with E-state index in [1.54, 1.807) is 29.2 Å². The van der Waals surface area contributed by atoms with E-state index in [0.717, 1.165) is 43.4 Å². The summed E-state index contributed by atoms with van der Waals surface area (Å²) in [5.74, 6) is -0.0281. The first-order valence-electron chi connectivity index (χ1n) is 12.2. The van der Waals surface area contributed by atoms with E-state index in [2.05, 4.69) is 0 Å². The van der Waals surface area contributed by atoms with Gasteiger partial charge in [-0.3, -0.25) is 9.59 Å². The van der Waals surface area contributed by atoms with Crippen molar-refractivity contribution in [1.29, 1.82) is 0 Å². The molecule has 1 aliphatic carbocycles. The number of hydrogen-bond donors (Lipinski definition) is 1. The lowest BCUT2D eigenvalue weighted by Gasteiger charge is -2.30. The van der Waals surface area contributed by atoms with Gasteiger partial charge in [0.25, 0.3) is 11.7 Å². The fourth-order valence-corrected chi connectivity index (χ4v) is 4.85. The highest BCUT2D eigenvalue weighted by molar-refractivity contribution is 6.46. The third-order valence-electron chi connectivity index (χ3n) is 6.35. The van der Waals surface area contributed by atoms with Gasteiger partial charge in [-0.2, -0.15) is 0 Å². The van der Waals surface area contributed by atoms with Crippen molar-refractivity contribution >= 4 is 17.4 Å². The molecule has 4 rings (SSSR count). The Morgan fingerprint density at radius 3 is 2.41 bits per heavy atom. The van der Waals surface area contributed by atoms with Crippen molar-refractivity contribution in [2.45, 2.75) is 71.1 Å². The number of ether oxygens (including phenoxy) is 2. The summed E-state index contributed by atoms with van der Waals surface area (Å²) in [6, 6.07) is 13.8. The Labute approximate surface area is 201 Å². The van der Waals surface area contributed by atoms with Crippen LogP contribution < -0.4 is 9.47 Å². The first-order chi connectivity index (χ1) is 16.4. The fraction of sp³-hybridized carbons (Fsp3) is 0.429. The lowest BCUT2D eigenvalue weighted by Crippen LogP contribution is -2.37. The molecule has 1 amide bonds. The van der Waals surface area contributed by atoms with Crippen molar-refractivity contribution in [1.82, 2.24) is 4.90 Å². The van der Waals surface area contributed by atoms with Gasteiger partial charge in [0.05, 0.1) is 24.3 Å². The Hall–Kier alpha value is -3.28. The zero-order chi connectivity index (χ0) is 24.2. The van der Waals surface area contributed by atoms with Gasteiger partial charge in [-0.25, -0.2) is 0 Å². The second kappa shape index (κ2) is 10.3. The van der Waals surface area contributed by atoms with Crippen LogP contribution in [0.3, 0.4) is 0 Å². The molecule has 0 radical (unpaired) electrons. The van der Waals surface area contributed by atoms with Gasteiger partial charge in [-0.1, -0.05) is 44.0 Å². The average molecular weight is 464 g/mol. The topological polar surface area (TPSA) is 76.1 Å². The van der Waals surface area contributed by atoms with Crippen LogP contribution in [-0.2, 0) is 9.59 Å². The first-order valence-corrected chi connectivity index (χ1v) is 12.2. The fourth-order valence-electron chi connectivity index (χ4n) is 4.85. The number of carbonyl (C=O) groups is 2. The van der Waals surface area contributed by atoms with Crippen molar-refractivity contribution in [2.75, 3.05) is 6.61 Å². The van der Waals surface area contributed by atoms with E-state index < -0.39 is 17.7 Å². The summed E-state index contributed by atoms with van der Waals surface area (Å²) >= 11 is 0. The van der Waals surface area contributed by atoms with Crippen LogP contribution in [0.1, 0.15) is 70.0 Å². The van der Waals surface area contributed by atoms with Crippen LogP contribution in [0.15, 0.2) is 54.1 Å². The van der Waals surface area contributed by atoms with Crippen LogP contribution in [0.2, 0.25) is 0 Å². The molecule has 2 aliphatic rings. The van der Waals surface area contributed by atoms with E-state index in [1.807, 2.05) is 45.0 Å². The molecule has 1 N–H and O–H groups in total. The SMILES string of the molecule is CCCOc1ccc(C2/C(=C(/O)c3cccc(OC(C)C)c3)C(=O)C(=O)N2C2CCCC2)cc1. The first kappa shape index (κ1) is 23.9. The van der Waals surface area contributed by atoms with E-state index in [-0.39, 0.29) is 23.5 Å². The minimum atomic E-state index is -0.643. The molecule has 2 fully saturated rings. The smallest absolute Gasteiger partial charge is 0.295 e. The van der Waals surface area contributed by atoms with Crippen molar-refractivity contribution < 1.29 is 24.2 Å². The molecule has 2 aromatic carbocycles. The van der Waals surface area contributed by atoms with Gasteiger partial charge in [0.1, 0.15) is 17.3 Å². The number of likely N-dealkylation sites (tertiary alicyclic amines) is 1. The largest absolute Gasteiger partial charge is 0.507 e. The van der Waals surface area contributed by atoms with Crippen molar-refractivity contribution in [3.8, 4) is 11.5 Å². The lowest BCUT2D eigenvalue weighted by molar-refractivity contribution is -0.141. The Bertz CT molecular complexity index is 1070. The Morgan fingerprint density at radius 1 is 1.06 bits per heavy atom.